The average molecular weight is 307 g/mol. The van der Waals surface area contributed by atoms with Crippen LogP contribution in [0.4, 0.5) is 0 Å². The van der Waals surface area contributed by atoms with Crippen LogP contribution in [0.1, 0.15) is 23.7 Å². The van der Waals surface area contributed by atoms with Gasteiger partial charge in [-0.15, -0.1) is 0 Å². The van der Waals surface area contributed by atoms with Gasteiger partial charge >= 0.3 is 5.97 Å². The van der Waals surface area contributed by atoms with Crippen molar-refractivity contribution < 1.29 is 23.1 Å². The summed E-state index contributed by atoms with van der Waals surface area (Å²) in [7, 11) is -2.04. The fraction of sp³-hybridized carbons (Fsp3) is 0.417. The molecule has 1 unspecified atom stereocenters. The highest BCUT2D eigenvalue weighted by Crippen LogP contribution is 2.24. The second-order valence-electron chi connectivity index (χ2n) is 4.08. The normalized spacial score (nSPS) is 13.2. The Kier molecular flexibility index (Phi) is 5.34. The SMILES string of the molecule is COCCC(C)S(=O)(=O)c1ccc(C(=O)O)c(Cl)c1. The number of carboxylic acid groups (broad SMARTS) is 1. The zero-order valence-corrected chi connectivity index (χ0v) is 12.2. The zero-order valence-electron chi connectivity index (χ0n) is 10.6. The Morgan fingerprint density at radius 3 is 2.58 bits per heavy atom. The second kappa shape index (κ2) is 6.36. The quantitative estimate of drug-likeness (QED) is 0.871. The van der Waals surface area contributed by atoms with Crippen molar-refractivity contribution in [1.82, 2.24) is 0 Å². The lowest BCUT2D eigenvalue weighted by molar-refractivity contribution is 0.0697. The van der Waals surface area contributed by atoms with E-state index in [-0.39, 0.29) is 15.5 Å². The van der Waals surface area contributed by atoms with E-state index in [0.29, 0.717) is 13.0 Å². The van der Waals surface area contributed by atoms with Gasteiger partial charge in [0.1, 0.15) is 0 Å². The van der Waals surface area contributed by atoms with Crippen molar-refractivity contribution in [3.63, 3.8) is 0 Å². The lowest BCUT2D eigenvalue weighted by Gasteiger charge is -2.13. The maximum Gasteiger partial charge on any atom is 0.337 e. The minimum atomic E-state index is -3.53. The van der Waals surface area contributed by atoms with Crippen LogP contribution < -0.4 is 0 Å². The van der Waals surface area contributed by atoms with E-state index in [2.05, 4.69) is 0 Å². The smallest absolute Gasteiger partial charge is 0.337 e. The third-order valence-corrected chi connectivity index (χ3v) is 5.28. The number of carboxylic acids is 1. The molecule has 0 aliphatic heterocycles. The van der Waals surface area contributed by atoms with Crippen LogP contribution in [0.5, 0.6) is 0 Å². The molecule has 0 heterocycles. The Morgan fingerprint density at radius 1 is 1.47 bits per heavy atom. The lowest BCUT2D eigenvalue weighted by Crippen LogP contribution is -2.20. The first-order valence-corrected chi connectivity index (χ1v) is 7.48. The van der Waals surface area contributed by atoms with Gasteiger partial charge in [-0.05, 0) is 31.5 Å². The molecule has 0 fully saturated rings. The van der Waals surface area contributed by atoms with Crippen molar-refractivity contribution in [1.29, 1.82) is 0 Å². The van der Waals surface area contributed by atoms with Gasteiger partial charge in [-0.25, -0.2) is 13.2 Å². The van der Waals surface area contributed by atoms with E-state index in [1.807, 2.05) is 0 Å². The predicted molar refractivity (Wildman–Crippen MR) is 71.6 cm³/mol. The first-order chi connectivity index (χ1) is 8.80. The molecule has 0 aromatic heterocycles. The molecule has 0 saturated heterocycles. The number of benzene rings is 1. The summed E-state index contributed by atoms with van der Waals surface area (Å²) in [6.45, 7) is 1.91. The number of carbonyl (C=O) groups is 1. The molecule has 1 aromatic rings. The van der Waals surface area contributed by atoms with Crippen molar-refractivity contribution in [2.45, 2.75) is 23.5 Å². The zero-order chi connectivity index (χ0) is 14.6. The van der Waals surface area contributed by atoms with Crippen molar-refractivity contribution >= 4 is 27.4 Å². The van der Waals surface area contributed by atoms with E-state index in [1.54, 1.807) is 6.92 Å². The van der Waals surface area contributed by atoms with Gasteiger partial charge in [-0.3, -0.25) is 0 Å². The molecule has 1 rings (SSSR count). The van der Waals surface area contributed by atoms with Crippen LogP contribution >= 0.6 is 11.6 Å². The first-order valence-electron chi connectivity index (χ1n) is 5.56. The number of sulfone groups is 1. The molecule has 0 bridgehead atoms. The summed E-state index contributed by atoms with van der Waals surface area (Å²) < 4.78 is 29.3. The van der Waals surface area contributed by atoms with Crippen molar-refractivity contribution in [3.05, 3.63) is 28.8 Å². The molecular weight excluding hydrogens is 292 g/mol. The van der Waals surface area contributed by atoms with Gasteiger partial charge in [0.25, 0.3) is 0 Å². The molecule has 0 radical (unpaired) electrons. The van der Waals surface area contributed by atoms with Crippen molar-refractivity contribution in [2.24, 2.45) is 0 Å². The Morgan fingerprint density at radius 2 is 2.11 bits per heavy atom. The van der Waals surface area contributed by atoms with E-state index in [9.17, 15) is 13.2 Å². The average Bonchev–Trinajstić information content (AvgIpc) is 2.35. The number of hydrogen-bond donors (Lipinski definition) is 1. The van der Waals surface area contributed by atoms with Crippen LogP contribution in [-0.2, 0) is 14.6 Å². The molecule has 0 spiro atoms. The Hall–Kier alpha value is -1.11. The van der Waals surface area contributed by atoms with Crippen LogP contribution in [0.2, 0.25) is 5.02 Å². The lowest BCUT2D eigenvalue weighted by atomic mass is 10.2. The molecule has 106 valence electrons. The van der Waals surface area contributed by atoms with Crippen LogP contribution in [-0.4, -0.2) is 38.5 Å². The minimum Gasteiger partial charge on any atom is -0.478 e. The summed E-state index contributed by atoms with van der Waals surface area (Å²) in [6.07, 6.45) is 0.358. The maximum atomic E-state index is 12.2. The highest BCUT2D eigenvalue weighted by molar-refractivity contribution is 7.92. The number of halogens is 1. The standard InChI is InChI=1S/C12H15ClO5S/c1-8(5-6-18-2)19(16,17)9-3-4-10(12(14)15)11(13)7-9/h3-4,7-8H,5-6H2,1-2H3,(H,14,15). The highest BCUT2D eigenvalue weighted by atomic mass is 35.5. The molecule has 0 aliphatic rings. The topological polar surface area (TPSA) is 80.7 Å². The van der Waals surface area contributed by atoms with E-state index in [1.165, 1.54) is 25.3 Å². The maximum absolute atomic E-state index is 12.2. The summed E-state index contributed by atoms with van der Waals surface area (Å²) in [5.41, 5.74) is -0.120. The molecule has 19 heavy (non-hydrogen) atoms. The second-order valence-corrected chi connectivity index (χ2v) is 6.86. The third-order valence-electron chi connectivity index (χ3n) is 2.76. The summed E-state index contributed by atoms with van der Waals surface area (Å²) in [4.78, 5) is 10.8. The van der Waals surface area contributed by atoms with E-state index in [0.717, 1.165) is 0 Å². The molecule has 1 N–H and O–H groups in total. The van der Waals surface area contributed by atoms with Crippen LogP contribution in [0.3, 0.4) is 0 Å². The first kappa shape index (κ1) is 15.9. The number of ether oxygens (including phenoxy) is 1. The van der Waals surface area contributed by atoms with Gasteiger partial charge in [0, 0.05) is 13.7 Å². The van der Waals surface area contributed by atoms with E-state index in [4.69, 9.17) is 21.4 Å². The van der Waals surface area contributed by atoms with Gasteiger partial charge < -0.3 is 9.84 Å². The van der Waals surface area contributed by atoms with Gasteiger partial charge in [-0.1, -0.05) is 11.6 Å². The molecule has 0 amide bonds. The Labute approximate surface area is 117 Å². The number of rotatable bonds is 6. The van der Waals surface area contributed by atoms with Crippen LogP contribution in [0.25, 0.3) is 0 Å². The predicted octanol–water partition coefficient (Wildman–Crippen LogP) is 2.24. The monoisotopic (exact) mass is 306 g/mol. The summed E-state index contributed by atoms with van der Waals surface area (Å²) in [6, 6.07) is 3.62. The van der Waals surface area contributed by atoms with Crippen LogP contribution in [0, 0.1) is 0 Å². The molecule has 1 aromatic carbocycles. The highest BCUT2D eigenvalue weighted by Gasteiger charge is 2.24. The van der Waals surface area contributed by atoms with Gasteiger partial charge in [0.05, 0.1) is 20.7 Å². The number of hydrogen-bond acceptors (Lipinski definition) is 4. The van der Waals surface area contributed by atoms with Gasteiger partial charge in [0.15, 0.2) is 9.84 Å². The third kappa shape index (κ3) is 3.68. The van der Waals surface area contributed by atoms with Gasteiger partial charge in [-0.2, -0.15) is 0 Å². The molecule has 5 nitrogen and oxygen atoms in total. The largest absolute Gasteiger partial charge is 0.478 e. The summed E-state index contributed by atoms with van der Waals surface area (Å²) >= 11 is 5.77. The summed E-state index contributed by atoms with van der Waals surface area (Å²) in [5, 5.41) is 8.12. The summed E-state index contributed by atoms with van der Waals surface area (Å²) in [5.74, 6) is -1.19. The van der Waals surface area contributed by atoms with Gasteiger partial charge in [0.2, 0.25) is 0 Å². The van der Waals surface area contributed by atoms with E-state index >= 15 is 0 Å². The van der Waals surface area contributed by atoms with Crippen molar-refractivity contribution in [3.8, 4) is 0 Å². The fourth-order valence-corrected chi connectivity index (χ4v) is 3.25. The molecule has 0 aliphatic carbocycles. The molecule has 1 atom stereocenters. The fourth-order valence-electron chi connectivity index (χ4n) is 1.52. The molecule has 7 heteroatoms. The number of aromatic carboxylic acids is 1. The Balaban J connectivity index is 3.09. The number of methoxy groups -OCH3 is 1. The van der Waals surface area contributed by atoms with E-state index < -0.39 is 21.1 Å². The Bertz CT molecular complexity index is 567. The van der Waals surface area contributed by atoms with Crippen molar-refractivity contribution in [2.75, 3.05) is 13.7 Å². The van der Waals surface area contributed by atoms with Crippen LogP contribution in [0.15, 0.2) is 23.1 Å². The molecule has 0 saturated carbocycles. The minimum absolute atomic E-state index is 0.0195. The molecular formula is C12H15ClO5S.